The van der Waals surface area contributed by atoms with Crippen molar-refractivity contribution in [1.29, 1.82) is 0 Å². The van der Waals surface area contributed by atoms with Crippen LogP contribution in [-0.4, -0.2) is 27.0 Å². The summed E-state index contributed by atoms with van der Waals surface area (Å²) in [5.74, 6) is 0. The fourth-order valence-corrected chi connectivity index (χ4v) is 3.32. The highest BCUT2D eigenvalue weighted by molar-refractivity contribution is 7.93. The van der Waals surface area contributed by atoms with Crippen LogP contribution in [0.1, 0.15) is 18.4 Å². The summed E-state index contributed by atoms with van der Waals surface area (Å²) in [5, 5.41) is 0. The molecule has 1 aliphatic rings. The summed E-state index contributed by atoms with van der Waals surface area (Å²) in [4.78, 5) is 2.02. The highest BCUT2D eigenvalue weighted by atomic mass is 32.2. The van der Waals surface area contributed by atoms with Gasteiger partial charge in [0.15, 0.2) is 0 Å². The molecule has 0 amide bonds. The number of hydrogen-bond donors (Lipinski definition) is 0. The van der Waals surface area contributed by atoms with Crippen LogP contribution in [-0.2, 0) is 10.0 Å². The lowest BCUT2D eigenvalue weighted by molar-refractivity contribution is -0.0435. The molecule has 0 atom stereocenters. The first-order chi connectivity index (χ1) is 10.2. The molecule has 0 N–H and O–H groups in total. The van der Waals surface area contributed by atoms with Crippen LogP contribution in [0.25, 0.3) is 0 Å². The van der Waals surface area contributed by atoms with Gasteiger partial charge in [-0.2, -0.15) is 21.6 Å². The van der Waals surface area contributed by atoms with Crippen LogP contribution in [0.3, 0.4) is 0 Å². The van der Waals surface area contributed by atoms with Crippen molar-refractivity contribution in [3.63, 3.8) is 0 Å². The number of nitrogens with zero attached hydrogens (tertiary/aromatic N) is 2. The fraction of sp³-hybridized carbons (Fsp3) is 0.429. The van der Waals surface area contributed by atoms with Crippen molar-refractivity contribution in [2.24, 2.45) is 0 Å². The van der Waals surface area contributed by atoms with Gasteiger partial charge in [0.2, 0.25) is 0 Å². The number of benzene rings is 1. The first kappa shape index (κ1) is 16.7. The fourth-order valence-electron chi connectivity index (χ4n) is 2.44. The van der Waals surface area contributed by atoms with E-state index in [4.69, 9.17) is 0 Å². The van der Waals surface area contributed by atoms with Gasteiger partial charge in [-0.3, -0.25) is 0 Å². The molecular weight excluding hydrogens is 317 g/mol. The lowest BCUT2D eigenvalue weighted by Crippen LogP contribution is -2.37. The van der Waals surface area contributed by atoms with E-state index in [0.29, 0.717) is 17.5 Å². The van der Waals surface area contributed by atoms with E-state index in [1.807, 2.05) is 4.90 Å². The van der Waals surface area contributed by atoms with E-state index in [1.54, 1.807) is 19.1 Å². The Balaban J connectivity index is 2.49. The van der Waals surface area contributed by atoms with Gasteiger partial charge in [-0.05, 0) is 37.5 Å². The lowest BCUT2D eigenvalue weighted by atomic mass is 10.1. The maximum atomic E-state index is 12.8. The Morgan fingerprint density at radius 1 is 1.27 bits per heavy atom. The van der Waals surface area contributed by atoms with Crippen LogP contribution in [0.15, 0.2) is 31.0 Å². The largest absolute Gasteiger partial charge is 0.517 e. The molecule has 0 spiro atoms. The van der Waals surface area contributed by atoms with Gasteiger partial charge in [0.25, 0.3) is 0 Å². The van der Waals surface area contributed by atoms with Gasteiger partial charge in [0.05, 0.1) is 5.69 Å². The van der Waals surface area contributed by atoms with E-state index in [9.17, 15) is 21.6 Å². The number of anilines is 2. The molecule has 0 aliphatic carbocycles. The molecule has 0 saturated carbocycles. The number of halogens is 3. The molecule has 0 aromatic heterocycles. The second kappa shape index (κ2) is 5.83. The minimum Gasteiger partial charge on any atom is -0.371 e. The van der Waals surface area contributed by atoms with Crippen LogP contribution >= 0.6 is 0 Å². The Morgan fingerprint density at radius 3 is 2.36 bits per heavy atom. The first-order valence-electron chi connectivity index (χ1n) is 6.77. The SMILES string of the molecule is C=CN(c1cc(N2CCCC2)ccc1C)S(=O)(=O)C(F)(F)F. The van der Waals surface area contributed by atoms with Crippen molar-refractivity contribution in [2.75, 3.05) is 22.3 Å². The van der Waals surface area contributed by atoms with Crippen molar-refractivity contribution in [3.8, 4) is 0 Å². The number of sulfonamides is 1. The Kier molecular flexibility index (Phi) is 4.42. The molecule has 1 heterocycles. The van der Waals surface area contributed by atoms with Gasteiger partial charge in [-0.1, -0.05) is 12.6 Å². The summed E-state index contributed by atoms with van der Waals surface area (Å²) in [7, 11) is -5.51. The zero-order valence-electron chi connectivity index (χ0n) is 12.1. The second-order valence-electron chi connectivity index (χ2n) is 5.09. The molecule has 1 fully saturated rings. The molecule has 2 rings (SSSR count). The molecule has 1 aromatic rings. The summed E-state index contributed by atoms with van der Waals surface area (Å²) in [5.41, 5.74) is -4.27. The molecule has 122 valence electrons. The van der Waals surface area contributed by atoms with Crippen molar-refractivity contribution in [2.45, 2.75) is 25.3 Å². The van der Waals surface area contributed by atoms with Gasteiger partial charge in [-0.15, -0.1) is 0 Å². The van der Waals surface area contributed by atoms with Crippen LogP contribution in [0.4, 0.5) is 24.5 Å². The van der Waals surface area contributed by atoms with Crippen LogP contribution < -0.4 is 9.21 Å². The van der Waals surface area contributed by atoms with Gasteiger partial charge >= 0.3 is 15.5 Å². The van der Waals surface area contributed by atoms with Crippen molar-refractivity contribution in [1.82, 2.24) is 0 Å². The van der Waals surface area contributed by atoms with E-state index < -0.39 is 15.5 Å². The summed E-state index contributed by atoms with van der Waals surface area (Å²) in [6.45, 7) is 6.40. The zero-order valence-corrected chi connectivity index (χ0v) is 12.9. The Labute approximate surface area is 127 Å². The maximum Gasteiger partial charge on any atom is 0.517 e. The number of hydrogen-bond acceptors (Lipinski definition) is 3. The third kappa shape index (κ3) is 2.92. The summed E-state index contributed by atoms with van der Waals surface area (Å²) < 4.78 is 62.0. The zero-order chi connectivity index (χ0) is 16.5. The minimum absolute atomic E-state index is 0.0308. The van der Waals surface area contributed by atoms with Gasteiger partial charge < -0.3 is 4.90 Å². The van der Waals surface area contributed by atoms with E-state index >= 15 is 0 Å². The molecule has 0 unspecified atom stereocenters. The quantitative estimate of drug-likeness (QED) is 0.847. The first-order valence-corrected chi connectivity index (χ1v) is 8.21. The average molecular weight is 334 g/mol. The molecule has 1 saturated heterocycles. The summed E-state index contributed by atoms with van der Waals surface area (Å²) in [6, 6.07) is 4.86. The van der Waals surface area contributed by atoms with Crippen LogP contribution in [0.5, 0.6) is 0 Å². The third-order valence-electron chi connectivity index (χ3n) is 3.62. The highest BCUT2D eigenvalue weighted by Gasteiger charge is 2.50. The second-order valence-corrected chi connectivity index (χ2v) is 6.90. The number of aryl methyl sites for hydroxylation is 1. The van der Waals surface area contributed by atoms with E-state index in [-0.39, 0.29) is 9.99 Å². The van der Waals surface area contributed by atoms with Crippen LogP contribution in [0.2, 0.25) is 0 Å². The molecule has 1 aromatic carbocycles. The standard InChI is InChI=1S/C14H17F3N2O2S/c1-3-19(22(20,21)14(15,16)17)13-10-12(7-6-11(13)2)18-8-4-5-9-18/h3,6-7,10H,1,4-5,8-9H2,2H3. The summed E-state index contributed by atoms with van der Waals surface area (Å²) in [6.07, 6.45) is 2.70. The molecule has 8 heteroatoms. The molecule has 0 bridgehead atoms. The predicted molar refractivity (Wildman–Crippen MR) is 80.3 cm³/mol. The maximum absolute atomic E-state index is 12.8. The van der Waals surface area contributed by atoms with Crippen molar-refractivity contribution >= 4 is 21.4 Å². The van der Waals surface area contributed by atoms with E-state index in [2.05, 4.69) is 6.58 Å². The lowest BCUT2D eigenvalue weighted by Gasteiger charge is -2.25. The van der Waals surface area contributed by atoms with Crippen LogP contribution in [0, 0.1) is 6.92 Å². The average Bonchev–Trinajstić information content (AvgIpc) is 2.94. The van der Waals surface area contributed by atoms with Gasteiger partial charge in [-0.25, -0.2) is 4.31 Å². The smallest absolute Gasteiger partial charge is 0.371 e. The molecule has 22 heavy (non-hydrogen) atoms. The van der Waals surface area contributed by atoms with Gasteiger partial charge in [0, 0.05) is 25.0 Å². The van der Waals surface area contributed by atoms with Crippen molar-refractivity contribution in [3.05, 3.63) is 36.5 Å². The molecular formula is C14H17F3N2O2S. The molecule has 1 aliphatic heterocycles. The third-order valence-corrected chi connectivity index (χ3v) is 5.07. The topological polar surface area (TPSA) is 40.6 Å². The minimum atomic E-state index is -5.51. The normalized spacial score (nSPS) is 15.9. The highest BCUT2D eigenvalue weighted by Crippen LogP contribution is 2.35. The Bertz CT molecular complexity index is 665. The van der Waals surface area contributed by atoms with E-state index in [1.165, 1.54) is 6.07 Å². The number of alkyl halides is 3. The monoisotopic (exact) mass is 334 g/mol. The summed E-state index contributed by atoms with van der Waals surface area (Å²) >= 11 is 0. The van der Waals surface area contributed by atoms with Crippen molar-refractivity contribution < 1.29 is 21.6 Å². The predicted octanol–water partition coefficient (Wildman–Crippen LogP) is 3.39. The Hall–Kier alpha value is -1.70. The molecule has 4 nitrogen and oxygen atoms in total. The number of rotatable bonds is 4. The van der Waals surface area contributed by atoms with Gasteiger partial charge in [0.1, 0.15) is 0 Å². The van der Waals surface area contributed by atoms with E-state index in [0.717, 1.165) is 25.9 Å². The Morgan fingerprint density at radius 2 is 1.86 bits per heavy atom. The molecule has 0 radical (unpaired) electrons.